The Morgan fingerprint density at radius 2 is 2.19 bits per heavy atom. The van der Waals surface area contributed by atoms with Gasteiger partial charge in [0.2, 0.25) is 0 Å². The van der Waals surface area contributed by atoms with Gasteiger partial charge >= 0.3 is 0 Å². The molecule has 0 aliphatic carbocycles. The summed E-state index contributed by atoms with van der Waals surface area (Å²) >= 11 is 0. The summed E-state index contributed by atoms with van der Waals surface area (Å²) in [6.07, 6.45) is 4.06. The van der Waals surface area contributed by atoms with Gasteiger partial charge in [-0.3, -0.25) is 9.69 Å². The van der Waals surface area contributed by atoms with Gasteiger partial charge in [-0.15, -0.1) is 0 Å². The Kier molecular flexibility index (Phi) is 3.83. The van der Waals surface area contributed by atoms with Crippen molar-refractivity contribution >= 4 is 10.9 Å². The second-order valence-electron chi connectivity index (χ2n) is 6.97. The van der Waals surface area contributed by atoms with Gasteiger partial charge in [-0.1, -0.05) is 12.1 Å². The van der Waals surface area contributed by atoms with Crippen LogP contribution in [0.2, 0.25) is 0 Å². The zero-order valence-electron chi connectivity index (χ0n) is 14.5. The molecule has 1 aromatic carbocycles. The molecule has 0 saturated carbocycles. The zero-order valence-corrected chi connectivity index (χ0v) is 14.5. The predicted molar refractivity (Wildman–Crippen MR) is 96.6 cm³/mol. The number of aromatic nitrogens is 4. The third-order valence-corrected chi connectivity index (χ3v) is 5.39. The van der Waals surface area contributed by atoms with Crippen LogP contribution in [0.25, 0.3) is 10.9 Å². The third kappa shape index (κ3) is 2.64. The molecule has 4 heterocycles. The Hall–Kier alpha value is -2.51. The molecule has 0 amide bonds. The van der Waals surface area contributed by atoms with E-state index < -0.39 is 0 Å². The fraction of sp³-hybridized carbons (Fsp3) is 0.421. The van der Waals surface area contributed by atoms with Gasteiger partial charge in [-0.2, -0.15) is 0 Å². The molecule has 3 aromatic rings. The molecule has 134 valence electrons. The van der Waals surface area contributed by atoms with Crippen molar-refractivity contribution in [1.82, 2.24) is 24.4 Å². The van der Waals surface area contributed by atoms with Crippen LogP contribution < -0.4 is 5.56 Å². The topological polar surface area (TPSA) is 76.0 Å². The lowest BCUT2D eigenvalue weighted by molar-refractivity contribution is 0.0794. The molecule has 2 aromatic heterocycles. The van der Waals surface area contributed by atoms with E-state index in [9.17, 15) is 4.79 Å². The van der Waals surface area contributed by atoms with Crippen LogP contribution in [-0.4, -0.2) is 37.6 Å². The Morgan fingerprint density at radius 1 is 1.27 bits per heavy atom. The maximum Gasteiger partial charge on any atom is 0.258 e. The van der Waals surface area contributed by atoms with Gasteiger partial charge in [0.05, 0.1) is 29.2 Å². The van der Waals surface area contributed by atoms with Gasteiger partial charge in [0.25, 0.3) is 5.56 Å². The first-order valence-corrected chi connectivity index (χ1v) is 9.13. The molecule has 2 aliphatic heterocycles. The summed E-state index contributed by atoms with van der Waals surface area (Å²) in [5.74, 6) is 1.77. The number of ether oxygens (including phenoxy) is 1. The monoisotopic (exact) mass is 351 g/mol. The normalized spacial score (nSPS) is 20.5. The van der Waals surface area contributed by atoms with Crippen molar-refractivity contribution in [2.45, 2.75) is 38.6 Å². The van der Waals surface area contributed by atoms with Crippen LogP contribution in [0.15, 0.2) is 35.3 Å². The van der Waals surface area contributed by atoms with Crippen LogP contribution in [0, 0.1) is 0 Å². The minimum atomic E-state index is -0.0590. The van der Waals surface area contributed by atoms with Gasteiger partial charge in [-0.05, 0) is 31.5 Å². The summed E-state index contributed by atoms with van der Waals surface area (Å²) in [5, 5.41) is 0.644. The van der Waals surface area contributed by atoms with Crippen molar-refractivity contribution in [1.29, 1.82) is 0 Å². The molecule has 1 N–H and O–H groups in total. The molecule has 26 heavy (non-hydrogen) atoms. The molecule has 1 saturated heterocycles. The van der Waals surface area contributed by atoms with E-state index in [2.05, 4.69) is 19.4 Å². The van der Waals surface area contributed by atoms with Crippen LogP contribution in [0.5, 0.6) is 0 Å². The lowest BCUT2D eigenvalue weighted by atomic mass is 10.2. The van der Waals surface area contributed by atoms with Crippen LogP contribution >= 0.6 is 0 Å². The molecule has 1 atom stereocenters. The largest absolute Gasteiger partial charge is 0.372 e. The molecular weight excluding hydrogens is 330 g/mol. The second kappa shape index (κ2) is 6.34. The number of benzene rings is 1. The first-order chi connectivity index (χ1) is 12.8. The van der Waals surface area contributed by atoms with E-state index in [1.165, 1.54) is 5.69 Å². The van der Waals surface area contributed by atoms with Crippen molar-refractivity contribution in [3.63, 3.8) is 0 Å². The number of fused-ring (bicyclic) bond motifs is 2. The zero-order chi connectivity index (χ0) is 17.5. The first kappa shape index (κ1) is 15.7. The summed E-state index contributed by atoms with van der Waals surface area (Å²) in [4.78, 5) is 27.1. The van der Waals surface area contributed by atoms with Gasteiger partial charge in [0.15, 0.2) is 0 Å². The number of rotatable bonds is 3. The molecular formula is C19H21N5O2. The minimum absolute atomic E-state index is 0.0590. The van der Waals surface area contributed by atoms with Crippen molar-refractivity contribution in [3.8, 4) is 0 Å². The molecule has 5 rings (SSSR count). The number of likely N-dealkylation sites (tertiary alicyclic amines) is 1. The van der Waals surface area contributed by atoms with E-state index >= 15 is 0 Å². The van der Waals surface area contributed by atoms with Crippen LogP contribution in [0.3, 0.4) is 0 Å². The Balaban J connectivity index is 1.46. The van der Waals surface area contributed by atoms with E-state index in [4.69, 9.17) is 9.72 Å². The number of nitrogens with zero attached hydrogens (tertiary/aromatic N) is 4. The molecule has 1 fully saturated rings. The van der Waals surface area contributed by atoms with E-state index in [1.807, 2.05) is 30.5 Å². The molecule has 0 radical (unpaired) electrons. The summed E-state index contributed by atoms with van der Waals surface area (Å²) in [7, 11) is 0. The summed E-state index contributed by atoms with van der Waals surface area (Å²) in [6, 6.07) is 7.65. The average Bonchev–Trinajstić information content (AvgIpc) is 3.30. The number of imidazole rings is 1. The lowest BCUT2D eigenvalue weighted by Crippen LogP contribution is -2.28. The molecule has 2 aliphatic rings. The maximum absolute atomic E-state index is 12.4. The van der Waals surface area contributed by atoms with Gasteiger partial charge in [0, 0.05) is 19.3 Å². The summed E-state index contributed by atoms with van der Waals surface area (Å²) in [5.41, 5.74) is 1.91. The van der Waals surface area contributed by atoms with E-state index in [-0.39, 0.29) is 11.6 Å². The van der Waals surface area contributed by atoms with E-state index in [0.29, 0.717) is 12.0 Å². The molecule has 0 bridgehead atoms. The number of nitrogens with one attached hydrogen (secondary N) is 1. The fourth-order valence-electron chi connectivity index (χ4n) is 4.08. The van der Waals surface area contributed by atoms with Crippen molar-refractivity contribution in [2.75, 3.05) is 13.2 Å². The van der Waals surface area contributed by atoms with Crippen LogP contribution in [-0.2, 0) is 24.4 Å². The highest BCUT2D eigenvalue weighted by Crippen LogP contribution is 2.31. The van der Waals surface area contributed by atoms with Crippen LogP contribution in [0.4, 0.5) is 0 Å². The second-order valence-corrected chi connectivity index (χ2v) is 6.97. The SMILES string of the molecule is O=c1[nH]c(C2CCCN2Cc2cnc3n2CCOC3)nc2ccccc12. The smallest absolute Gasteiger partial charge is 0.258 e. The standard InChI is InChI=1S/C19H21N5O2/c25-19-14-4-1-2-5-15(14)21-18(22-19)16-6-3-7-23(16)11-13-10-20-17-12-26-9-8-24(13)17/h1-2,4-5,10,16H,3,6-9,11-12H2,(H,21,22,25). The van der Waals surface area contributed by atoms with Crippen molar-refractivity contribution in [2.24, 2.45) is 0 Å². The van der Waals surface area contributed by atoms with Crippen molar-refractivity contribution in [3.05, 3.63) is 58.2 Å². The fourth-order valence-corrected chi connectivity index (χ4v) is 4.08. The van der Waals surface area contributed by atoms with E-state index in [0.717, 1.165) is 56.2 Å². The Morgan fingerprint density at radius 3 is 3.15 bits per heavy atom. The Labute approximate surface area is 150 Å². The average molecular weight is 351 g/mol. The number of hydrogen-bond acceptors (Lipinski definition) is 5. The quantitative estimate of drug-likeness (QED) is 0.781. The van der Waals surface area contributed by atoms with Crippen LogP contribution in [0.1, 0.15) is 36.2 Å². The summed E-state index contributed by atoms with van der Waals surface area (Å²) in [6.45, 7) is 3.99. The summed E-state index contributed by atoms with van der Waals surface area (Å²) < 4.78 is 7.74. The first-order valence-electron chi connectivity index (χ1n) is 9.13. The minimum Gasteiger partial charge on any atom is -0.372 e. The number of H-pyrrole nitrogens is 1. The van der Waals surface area contributed by atoms with E-state index in [1.54, 1.807) is 0 Å². The Bertz CT molecular complexity index is 1010. The number of para-hydroxylation sites is 1. The molecule has 0 spiro atoms. The highest BCUT2D eigenvalue weighted by Gasteiger charge is 2.29. The molecule has 7 heteroatoms. The van der Waals surface area contributed by atoms with Gasteiger partial charge in [-0.25, -0.2) is 9.97 Å². The highest BCUT2D eigenvalue weighted by atomic mass is 16.5. The van der Waals surface area contributed by atoms with Crippen molar-refractivity contribution < 1.29 is 4.74 Å². The molecule has 1 unspecified atom stereocenters. The number of hydrogen-bond donors (Lipinski definition) is 1. The van der Waals surface area contributed by atoms with Gasteiger partial charge in [0.1, 0.15) is 18.3 Å². The maximum atomic E-state index is 12.4. The third-order valence-electron chi connectivity index (χ3n) is 5.39. The predicted octanol–water partition coefficient (Wildman–Crippen LogP) is 1.99. The highest BCUT2D eigenvalue weighted by molar-refractivity contribution is 5.77. The molecule has 7 nitrogen and oxygen atoms in total. The number of aromatic amines is 1. The lowest BCUT2D eigenvalue weighted by Gasteiger charge is -2.25. The van der Waals surface area contributed by atoms with Gasteiger partial charge < -0.3 is 14.3 Å².